The molecule has 4 rings (SSSR count). The van der Waals surface area contributed by atoms with E-state index in [1.54, 1.807) is 7.11 Å². The highest BCUT2D eigenvalue weighted by atomic mass is 16.5. The second-order valence-electron chi connectivity index (χ2n) is 8.24. The number of carbonyl (C=O) groups excluding carboxylic acids is 1. The summed E-state index contributed by atoms with van der Waals surface area (Å²) in [6, 6.07) is 22.1. The van der Waals surface area contributed by atoms with E-state index >= 15 is 0 Å². The van der Waals surface area contributed by atoms with Crippen LogP contribution in [0.1, 0.15) is 24.9 Å². The lowest BCUT2D eigenvalue weighted by Crippen LogP contribution is -2.41. The monoisotopic (exact) mass is 445 g/mol. The molecule has 1 amide bonds. The van der Waals surface area contributed by atoms with Crippen molar-refractivity contribution in [3.05, 3.63) is 72.3 Å². The summed E-state index contributed by atoms with van der Waals surface area (Å²) in [5.74, 6) is 1.80. The largest absolute Gasteiger partial charge is 0.497 e. The molecule has 0 radical (unpaired) electrons. The van der Waals surface area contributed by atoms with E-state index < -0.39 is 0 Å². The molecule has 0 spiro atoms. The topological polar surface area (TPSA) is 70.6 Å². The van der Waals surface area contributed by atoms with Crippen molar-refractivity contribution in [2.45, 2.75) is 19.4 Å². The number of anilines is 1. The summed E-state index contributed by atoms with van der Waals surface area (Å²) in [4.78, 5) is 16.9. The summed E-state index contributed by atoms with van der Waals surface area (Å²) in [6.45, 7) is 5.47. The Hall–Kier alpha value is -3.45. The molecule has 172 valence electrons. The van der Waals surface area contributed by atoms with Crippen LogP contribution in [-0.2, 0) is 4.79 Å². The zero-order valence-electron chi connectivity index (χ0n) is 19.3. The molecule has 1 N–H and O–H groups in total. The van der Waals surface area contributed by atoms with E-state index in [4.69, 9.17) is 4.74 Å². The Labute approximate surface area is 195 Å². The van der Waals surface area contributed by atoms with Crippen LogP contribution in [0.25, 0.3) is 11.3 Å². The van der Waals surface area contributed by atoms with E-state index in [9.17, 15) is 4.79 Å². The van der Waals surface area contributed by atoms with Crippen LogP contribution >= 0.6 is 0 Å². The lowest BCUT2D eigenvalue weighted by atomic mass is 10.1. The molecule has 7 nitrogen and oxygen atoms in total. The quantitative estimate of drug-likeness (QED) is 0.600. The number of hydrogen-bond acceptors (Lipinski definition) is 6. The molecule has 33 heavy (non-hydrogen) atoms. The van der Waals surface area contributed by atoms with Gasteiger partial charge in [0.15, 0.2) is 5.82 Å². The molecule has 0 saturated carbocycles. The van der Waals surface area contributed by atoms with Crippen LogP contribution in [0.5, 0.6) is 5.75 Å². The van der Waals surface area contributed by atoms with Crippen LogP contribution in [0.3, 0.4) is 0 Å². The number of methoxy groups -OCH3 is 1. The zero-order chi connectivity index (χ0) is 23.0. The third-order valence-corrected chi connectivity index (χ3v) is 6.07. The van der Waals surface area contributed by atoms with Gasteiger partial charge in [-0.3, -0.25) is 4.79 Å². The summed E-state index contributed by atoms with van der Waals surface area (Å²) in [5, 5.41) is 12.2. The Kier molecular flexibility index (Phi) is 7.52. The number of hydrogen-bond donors (Lipinski definition) is 1. The fourth-order valence-corrected chi connectivity index (χ4v) is 4.02. The van der Waals surface area contributed by atoms with Gasteiger partial charge in [0.2, 0.25) is 5.91 Å². The Bertz CT molecular complexity index is 1020. The molecule has 1 aromatic heterocycles. The first-order valence-electron chi connectivity index (χ1n) is 11.4. The van der Waals surface area contributed by atoms with E-state index in [-0.39, 0.29) is 11.9 Å². The molecular weight excluding hydrogens is 414 g/mol. The Morgan fingerprint density at radius 1 is 0.970 bits per heavy atom. The minimum atomic E-state index is 0.137. The maximum absolute atomic E-state index is 12.8. The number of benzene rings is 2. The molecule has 3 aromatic rings. The van der Waals surface area contributed by atoms with E-state index in [1.807, 2.05) is 59.5 Å². The summed E-state index contributed by atoms with van der Waals surface area (Å²) < 4.78 is 5.21. The minimum Gasteiger partial charge on any atom is -0.497 e. The number of aromatic nitrogens is 2. The highest BCUT2D eigenvalue weighted by Crippen LogP contribution is 2.22. The summed E-state index contributed by atoms with van der Waals surface area (Å²) >= 11 is 0. The standard InChI is InChI=1S/C26H31N5O2/c1-20(21-7-4-3-5-8-21)27-19-26(32)31-16-6-15-30(17-18-31)25-14-13-24(28-29-25)22-9-11-23(33-2)12-10-22/h3-5,7-14,20,27H,6,15-19H2,1-2H3. The lowest BCUT2D eigenvalue weighted by Gasteiger charge is -2.23. The molecule has 1 fully saturated rings. The lowest BCUT2D eigenvalue weighted by molar-refractivity contribution is -0.130. The van der Waals surface area contributed by atoms with Gasteiger partial charge < -0.3 is 19.9 Å². The van der Waals surface area contributed by atoms with Crippen LogP contribution in [0, 0.1) is 0 Å². The summed E-state index contributed by atoms with van der Waals surface area (Å²) in [7, 11) is 1.65. The maximum atomic E-state index is 12.8. The number of nitrogens with one attached hydrogen (secondary N) is 1. The highest BCUT2D eigenvalue weighted by Gasteiger charge is 2.20. The van der Waals surface area contributed by atoms with E-state index in [2.05, 4.69) is 39.5 Å². The van der Waals surface area contributed by atoms with Gasteiger partial charge in [-0.25, -0.2) is 0 Å². The van der Waals surface area contributed by atoms with E-state index in [0.29, 0.717) is 13.1 Å². The van der Waals surface area contributed by atoms with Gasteiger partial charge in [-0.1, -0.05) is 30.3 Å². The average Bonchev–Trinajstić information content (AvgIpc) is 3.14. The van der Waals surface area contributed by atoms with Gasteiger partial charge in [0.25, 0.3) is 0 Å². The van der Waals surface area contributed by atoms with Crippen molar-refractivity contribution in [1.29, 1.82) is 0 Å². The molecule has 1 saturated heterocycles. The van der Waals surface area contributed by atoms with Crippen molar-refractivity contribution in [2.75, 3.05) is 44.7 Å². The SMILES string of the molecule is COc1ccc(-c2ccc(N3CCCN(C(=O)CNC(C)c4ccccc4)CC3)nn2)cc1. The van der Waals surface area contributed by atoms with E-state index in [0.717, 1.165) is 48.9 Å². The van der Waals surface area contributed by atoms with Gasteiger partial charge >= 0.3 is 0 Å². The predicted octanol–water partition coefficient (Wildman–Crippen LogP) is 3.54. The fraction of sp³-hybridized carbons (Fsp3) is 0.346. The third-order valence-electron chi connectivity index (χ3n) is 6.07. The smallest absolute Gasteiger partial charge is 0.236 e. The van der Waals surface area contributed by atoms with Gasteiger partial charge in [0, 0.05) is 37.8 Å². The van der Waals surface area contributed by atoms with Gasteiger partial charge in [0.1, 0.15) is 5.75 Å². The van der Waals surface area contributed by atoms with Gasteiger partial charge in [-0.15, -0.1) is 10.2 Å². The Balaban J connectivity index is 1.30. The number of ether oxygens (including phenoxy) is 1. The highest BCUT2D eigenvalue weighted by molar-refractivity contribution is 5.78. The molecule has 1 atom stereocenters. The van der Waals surface area contributed by atoms with Gasteiger partial charge in [-0.2, -0.15) is 0 Å². The number of nitrogens with zero attached hydrogens (tertiary/aromatic N) is 4. The zero-order valence-corrected chi connectivity index (χ0v) is 19.3. The predicted molar refractivity (Wildman–Crippen MR) is 130 cm³/mol. The maximum Gasteiger partial charge on any atom is 0.236 e. The number of rotatable bonds is 7. The molecule has 7 heteroatoms. The molecule has 2 heterocycles. The summed E-state index contributed by atoms with van der Waals surface area (Å²) in [6.07, 6.45) is 0.905. The van der Waals surface area contributed by atoms with Crippen molar-refractivity contribution >= 4 is 11.7 Å². The second-order valence-corrected chi connectivity index (χ2v) is 8.24. The van der Waals surface area contributed by atoms with Crippen molar-refractivity contribution in [3.63, 3.8) is 0 Å². The van der Waals surface area contributed by atoms with Crippen LogP contribution in [0.15, 0.2) is 66.7 Å². The van der Waals surface area contributed by atoms with E-state index in [1.165, 1.54) is 5.56 Å². The van der Waals surface area contributed by atoms with Crippen LogP contribution < -0.4 is 15.0 Å². The van der Waals surface area contributed by atoms with Crippen LogP contribution in [0.2, 0.25) is 0 Å². The summed E-state index contributed by atoms with van der Waals surface area (Å²) in [5.41, 5.74) is 3.01. The number of carbonyl (C=O) groups is 1. The molecule has 1 aliphatic rings. The van der Waals surface area contributed by atoms with Crippen molar-refractivity contribution in [1.82, 2.24) is 20.4 Å². The van der Waals surface area contributed by atoms with Crippen molar-refractivity contribution in [2.24, 2.45) is 0 Å². The van der Waals surface area contributed by atoms with Crippen molar-refractivity contribution in [3.8, 4) is 17.0 Å². The second kappa shape index (κ2) is 10.9. The molecule has 0 aliphatic carbocycles. The minimum absolute atomic E-state index is 0.137. The first-order valence-corrected chi connectivity index (χ1v) is 11.4. The molecule has 2 aromatic carbocycles. The fourth-order valence-electron chi connectivity index (χ4n) is 4.02. The van der Waals surface area contributed by atoms with Crippen LogP contribution in [-0.4, -0.2) is 60.8 Å². The first-order chi connectivity index (χ1) is 16.1. The Morgan fingerprint density at radius 3 is 2.45 bits per heavy atom. The van der Waals surface area contributed by atoms with Crippen molar-refractivity contribution < 1.29 is 9.53 Å². The molecule has 1 unspecified atom stereocenters. The third kappa shape index (κ3) is 5.87. The molecule has 1 aliphatic heterocycles. The average molecular weight is 446 g/mol. The Morgan fingerprint density at radius 2 is 1.76 bits per heavy atom. The normalized spacial score (nSPS) is 15.1. The molecule has 0 bridgehead atoms. The molecular formula is C26H31N5O2. The first kappa shape index (κ1) is 22.7. The van der Waals surface area contributed by atoms with Crippen LogP contribution in [0.4, 0.5) is 5.82 Å². The van der Waals surface area contributed by atoms with Gasteiger partial charge in [0.05, 0.1) is 19.3 Å². The van der Waals surface area contributed by atoms with Gasteiger partial charge in [-0.05, 0) is 55.3 Å². The number of amides is 1.